The van der Waals surface area contributed by atoms with E-state index in [-0.39, 0.29) is 17.9 Å². The summed E-state index contributed by atoms with van der Waals surface area (Å²) in [5, 5.41) is 15.5. The maximum atomic E-state index is 12.4. The summed E-state index contributed by atoms with van der Waals surface area (Å²) >= 11 is 1.55. The van der Waals surface area contributed by atoms with Crippen molar-refractivity contribution in [1.29, 1.82) is 5.26 Å². The molecule has 2 fully saturated rings. The molecule has 1 aromatic heterocycles. The minimum Gasteiger partial charge on any atom is -0.376 e. The second-order valence-corrected chi connectivity index (χ2v) is 7.38. The Labute approximate surface area is 140 Å². The van der Waals surface area contributed by atoms with Gasteiger partial charge < -0.3 is 15.0 Å². The van der Waals surface area contributed by atoms with E-state index in [1.165, 1.54) is 25.7 Å². The summed E-state index contributed by atoms with van der Waals surface area (Å²) in [6.07, 6.45) is 5.09. The Morgan fingerprint density at radius 3 is 3.13 bits per heavy atom. The molecule has 3 rings (SSSR count). The highest BCUT2D eigenvalue weighted by atomic mass is 32.1. The molecule has 0 spiro atoms. The van der Waals surface area contributed by atoms with Crippen molar-refractivity contribution in [1.82, 2.24) is 9.88 Å². The lowest BCUT2D eigenvalue weighted by Gasteiger charge is -2.31. The van der Waals surface area contributed by atoms with Crippen molar-refractivity contribution in [3.05, 3.63) is 11.1 Å². The van der Waals surface area contributed by atoms with Gasteiger partial charge in [0.05, 0.1) is 31.4 Å². The molecule has 2 heterocycles. The van der Waals surface area contributed by atoms with Crippen molar-refractivity contribution in [2.75, 3.05) is 25.1 Å². The Kier molecular flexibility index (Phi) is 4.83. The molecular weight excluding hydrogens is 312 g/mol. The van der Waals surface area contributed by atoms with Crippen molar-refractivity contribution in [2.45, 2.75) is 50.6 Å². The van der Waals surface area contributed by atoms with Crippen molar-refractivity contribution in [3.8, 4) is 6.07 Å². The van der Waals surface area contributed by atoms with E-state index < -0.39 is 6.04 Å². The van der Waals surface area contributed by atoms with Crippen LogP contribution in [0.4, 0.5) is 5.13 Å². The van der Waals surface area contributed by atoms with Gasteiger partial charge in [-0.25, -0.2) is 4.98 Å². The van der Waals surface area contributed by atoms with Crippen molar-refractivity contribution >= 4 is 22.4 Å². The molecule has 2 aliphatic rings. The molecule has 0 unspecified atom stereocenters. The van der Waals surface area contributed by atoms with Crippen LogP contribution < -0.4 is 5.32 Å². The molecule has 1 aliphatic carbocycles. The summed E-state index contributed by atoms with van der Waals surface area (Å²) in [6.45, 7) is 3.50. The summed E-state index contributed by atoms with van der Waals surface area (Å²) < 4.78 is 5.25. The third-order valence-corrected chi connectivity index (χ3v) is 5.40. The van der Waals surface area contributed by atoms with E-state index in [1.807, 2.05) is 5.38 Å². The molecule has 1 saturated carbocycles. The van der Waals surface area contributed by atoms with E-state index in [0.29, 0.717) is 19.8 Å². The molecule has 0 aromatic carbocycles. The van der Waals surface area contributed by atoms with Gasteiger partial charge in [0.2, 0.25) is 5.91 Å². The smallest absolute Gasteiger partial charge is 0.229 e. The van der Waals surface area contributed by atoms with Crippen LogP contribution in [0, 0.1) is 11.3 Å². The van der Waals surface area contributed by atoms with Gasteiger partial charge in [-0.15, -0.1) is 11.3 Å². The van der Waals surface area contributed by atoms with Gasteiger partial charge in [0.15, 0.2) is 5.13 Å². The van der Waals surface area contributed by atoms with E-state index in [4.69, 9.17) is 10.00 Å². The topological polar surface area (TPSA) is 78.2 Å². The molecule has 0 bridgehead atoms. The largest absolute Gasteiger partial charge is 0.376 e. The zero-order valence-electron chi connectivity index (χ0n) is 13.4. The molecule has 1 amide bonds. The summed E-state index contributed by atoms with van der Waals surface area (Å²) in [7, 11) is 0. The first-order valence-electron chi connectivity index (χ1n) is 8.09. The molecular formula is C16H22N4O2S. The first-order chi connectivity index (χ1) is 11.1. The average molecular weight is 334 g/mol. The summed E-state index contributed by atoms with van der Waals surface area (Å²) in [4.78, 5) is 18.6. The highest BCUT2D eigenvalue weighted by Gasteiger charge is 2.30. The lowest BCUT2D eigenvalue weighted by molar-refractivity contribution is -0.137. The van der Waals surface area contributed by atoms with Gasteiger partial charge in [0.1, 0.15) is 6.04 Å². The number of nitriles is 1. The Bertz CT molecular complexity index is 603. The van der Waals surface area contributed by atoms with Crippen molar-refractivity contribution in [3.63, 3.8) is 0 Å². The van der Waals surface area contributed by atoms with E-state index in [2.05, 4.69) is 23.3 Å². The van der Waals surface area contributed by atoms with Crippen LogP contribution in [0.3, 0.4) is 0 Å². The molecule has 23 heavy (non-hydrogen) atoms. The van der Waals surface area contributed by atoms with Crippen LogP contribution >= 0.6 is 11.3 Å². The second-order valence-electron chi connectivity index (χ2n) is 6.52. The van der Waals surface area contributed by atoms with Crippen LogP contribution in [0.25, 0.3) is 0 Å². The summed E-state index contributed by atoms with van der Waals surface area (Å²) in [5.74, 6) is -0.0521. The molecule has 1 aliphatic heterocycles. The maximum Gasteiger partial charge on any atom is 0.229 e. The third-order valence-electron chi connectivity index (χ3n) is 4.60. The number of anilines is 1. The van der Waals surface area contributed by atoms with Crippen molar-refractivity contribution < 1.29 is 9.53 Å². The summed E-state index contributed by atoms with van der Waals surface area (Å²) in [5.41, 5.74) is 0.905. The predicted octanol–water partition coefficient (Wildman–Crippen LogP) is 2.18. The quantitative estimate of drug-likeness (QED) is 0.913. The van der Waals surface area contributed by atoms with E-state index in [1.54, 1.807) is 16.2 Å². The standard InChI is InChI=1S/C16H22N4O2S/c1-16(4-2-3-5-16)19-15-18-12(11-23-15)8-14(21)20-6-7-22-10-13(20)9-17/h11,13H,2-8,10H2,1H3,(H,18,19)/t13-/m1/s1. The maximum absolute atomic E-state index is 12.4. The Hall–Kier alpha value is -1.65. The molecule has 6 nitrogen and oxygen atoms in total. The number of nitrogens with zero attached hydrogens (tertiary/aromatic N) is 3. The van der Waals surface area contributed by atoms with E-state index in [9.17, 15) is 4.79 Å². The third kappa shape index (κ3) is 3.82. The zero-order valence-corrected chi connectivity index (χ0v) is 14.2. The molecule has 124 valence electrons. The number of hydrogen-bond donors (Lipinski definition) is 1. The lowest BCUT2D eigenvalue weighted by atomic mass is 10.0. The van der Waals surface area contributed by atoms with E-state index in [0.717, 1.165) is 10.8 Å². The second kappa shape index (κ2) is 6.85. The fourth-order valence-electron chi connectivity index (χ4n) is 3.25. The van der Waals surface area contributed by atoms with Gasteiger partial charge >= 0.3 is 0 Å². The molecule has 1 N–H and O–H groups in total. The number of rotatable bonds is 4. The Morgan fingerprint density at radius 2 is 2.39 bits per heavy atom. The average Bonchev–Trinajstić information content (AvgIpc) is 3.16. The molecule has 0 radical (unpaired) electrons. The normalized spacial score (nSPS) is 23.5. The van der Waals surface area contributed by atoms with Crippen LogP contribution in [0.1, 0.15) is 38.3 Å². The molecule has 7 heteroatoms. The fraction of sp³-hybridized carbons (Fsp3) is 0.688. The van der Waals surface area contributed by atoms with E-state index >= 15 is 0 Å². The number of aromatic nitrogens is 1. The highest BCUT2D eigenvalue weighted by Crippen LogP contribution is 2.33. The van der Waals surface area contributed by atoms with Gasteiger partial charge in [-0.3, -0.25) is 4.79 Å². The first kappa shape index (κ1) is 16.2. The minimum atomic E-state index is -0.482. The predicted molar refractivity (Wildman–Crippen MR) is 88.2 cm³/mol. The number of hydrogen-bond acceptors (Lipinski definition) is 6. The molecule has 1 aromatic rings. The fourth-order valence-corrected chi connectivity index (χ4v) is 4.11. The number of ether oxygens (including phenoxy) is 1. The van der Waals surface area contributed by atoms with Gasteiger partial charge in [0.25, 0.3) is 0 Å². The van der Waals surface area contributed by atoms with Gasteiger partial charge in [-0.2, -0.15) is 5.26 Å². The van der Waals surface area contributed by atoms with Gasteiger partial charge in [-0.1, -0.05) is 12.8 Å². The Morgan fingerprint density at radius 1 is 1.61 bits per heavy atom. The van der Waals surface area contributed by atoms with Crippen molar-refractivity contribution in [2.24, 2.45) is 0 Å². The number of amides is 1. The zero-order chi connectivity index (χ0) is 16.3. The number of thiazole rings is 1. The highest BCUT2D eigenvalue weighted by molar-refractivity contribution is 7.13. The van der Waals surface area contributed by atoms with Crippen LogP contribution in [0.5, 0.6) is 0 Å². The van der Waals surface area contributed by atoms with Crippen LogP contribution in [-0.4, -0.2) is 47.1 Å². The summed E-state index contributed by atoms with van der Waals surface area (Å²) in [6, 6.07) is 1.65. The van der Waals surface area contributed by atoms with Gasteiger partial charge in [0, 0.05) is 17.5 Å². The lowest BCUT2D eigenvalue weighted by Crippen LogP contribution is -2.48. The molecule has 1 saturated heterocycles. The number of morpholine rings is 1. The first-order valence-corrected chi connectivity index (χ1v) is 8.97. The Balaban J connectivity index is 1.60. The monoisotopic (exact) mass is 334 g/mol. The number of nitrogens with one attached hydrogen (secondary N) is 1. The number of carbonyl (C=O) groups is 1. The van der Waals surface area contributed by atoms with Gasteiger partial charge in [-0.05, 0) is 19.8 Å². The SMILES string of the molecule is CC1(Nc2nc(CC(=O)N3CCOC[C@H]3C#N)cs2)CCCC1. The molecule has 1 atom stereocenters. The van der Waals surface area contributed by atoms with Crippen LogP contribution in [-0.2, 0) is 16.0 Å². The van der Waals surface area contributed by atoms with Crippen LogP contribution in [0.2, 0.25) is 0 Å². The minimum absolute atomic E-state index is 0.0521. The van der Waals surface area contributed by atoms with Crippen LogP contribution in [0.15, 0.2) is 5.38 Å². The number of carbonyl (C=O) groups excluding carboxylic acids is 1.